The van der Waals surface area contributed by atoms with E-state index in [0.717, 1.165) is 49.8 Å². The Kier molecular flexibility index (Phi) is 5.52. The first-order chi connectivity index (χ1) is 13.2. The second kappa shape index (κ2) is 7.91. The van der Waals surface area contributed by atoms with Crippen LogP contribution in [0.15, 0.2) is 29.1 Å². The lowest BCUT2D eigenvalue weighted by Gasteiger charge is -2.35. The molecule has 0 aliphatic carbocycles. The number of para-hydroxylation sites is 2. The number of carbonyl (C=O) groups excluding carboxylic acids is 1. The molecule has 1 amide bonds. The number of aromatic nitrogens is 2. The predicted octanol–water partition coefficient (Wildman–Crippen LogP) is 2.84. The summed E-state index contributed by atoms with van der Waals surface area (Å²) in [5.74, 6) is 0.858. The van der Waals surface area contributed by atoms with Crippen LogP contribution in [-0.2, 0) is 4.79 Å². The number of halogens is 1. The van der Waals surface area contributed by atoms with E-state index in [4.69, 9.17) is 0 Å². The van der Waals surface area contributed by atoms with E-state index in [2.05, 4.69) is 10.3 Å². The topological polar surface area (TPSA) is 70.1 Å². The van der Waals surface area contributed by atoms with E-state index < -0.39 is 0 Å². The molecule has 4 heterocycles. The fraction of sp³-hybridized carbons (Fsp3) is 0.619. The van der Waals surface area contributed by atoms with Crippen LogP contribution in [0.4, 0.5) is 0 Å². The van der Waals surface area contributed by atoms with Crippen LogP contribution in [-0.4, -0.2) is 45.5 Å². The van der Waals surface area contributed by atoms with E-state index in [9.17, 15) is 9.59 Å². The minimum absolute atomic E-state index is 0. The molecule has 3 aliphatic heterocycles. The lowest BCUT2D eigenvalue weighted by atomic mass is 9.89. The van der Waals surface area contributed by atoms with E-state index in [1.807, 2.05) is 33.7 Å². The van der Waals surface area contributed by atoms with Crippen LogP contribution in [0.25, 0.3) is 11.0 Å². The Morgan fingerprint density at radius 1 is 1.04 bits per heavy atom. The van der Waals surface area contributed by atoms with Crippen LogP contribution < -0.4 is 11.0 Å². The average Bonchev–Trinajstić information content (AvgIpc) is 3.19. The van der Waals surface area contributed by atoms with Crippen molar-refractivity contribution in [1.29, 1.82) is 0 Å². The molecular formula is C21H29ClN4O2. The summed E-state index contributed by atoms with van der Waals surface area (Å²) in [6.07, 6.45) is 7.27. The molecule has 2 N–H and O–H groups in total. The number of aromatic amines is 1. The molecule has 1 aromatic carbocycles. The second-order valence-corrected chi connectivity index (χ2v) is 8.61. The molecule has 2 aromatic rings. The molecule has 2 bridgehead atoms. The van der Waals surface area contributed by atoms with Gasteiger partial charge in [0.1, 0.15) is 0 Å². The van der Waals surface area contributed by atoms with Gasteiger partial charge in [0.25, 0.3) is 0 Å². The van der Waals surface area contributed by atoms with Gasteiger partial charge in [-0.05, 0) is 56.6 Å². The fourth-order valence-electron chi connectivity index (χ4n) is 5.53. The van der Waals surface area contributed by atoms with Gasteiger partial charge in [-0.2, -0.15) is 0 Å². The predicted molar refractivity (Wildman–Crippen MR) is 112 cm³/mol. The Morgan fingerprint density at radius 2 is 1.71 bits per heavy atom. The van der Waals surface area contributed by atoms with E-state index in [1.54, 1.807) is 0 Å². The maximum absolute atomic E-state index is 12.8. The molecule has 3 saturated heterocycles. The third kappa shape index (κ3) is 3.60. The Hall–Kier alpha value is -1.79. The van der Waals surface area contributed by atoms with Crippen molar-refractivity contribution < 1.29 is 4.79 Å². The molecule has 3 aliphatic rings. The normalized spacial score (nSPS) is 27.7. The van der Waals surface area contributed by atoms with Crippen molar-refractivity contribution in [3.63, 3.8) is 0 Å². The van der Waals surface area contributed by atoms with Gasteiger partial charge in [0.2, 0.25) is 5.91 Å². The lowest BCUT2D eigenvalue weighted by molar-refractivity contribution is -0.133. The van der Waals surface area contributed by atoms with Crippen molar-refractivity contribution in [1.82, 2.24) is 19.8 Å². The van der Waals surface area contributed by atoms with Crippen molar-refractivity contribution in [2.75, 3.05) is 13.1 Å². The molecule has 6 nitrogen and oxygen atoms in total. The summed E-state index contributed by atoms with van der Waals surface area (Å²) in [4.78, 5) is 30.2. The maximum Gasteiger partial charge on any atom is 0.326 e. The van der Waals surface area contributed by atoms with Gasteiger partial charge in [-0.1, -0.05) is 12.1 Å². The number of fused-ring (bicyclic) bond motifs is 3. The molecule has 7 heteroatoms. The summed E-state index contributed by atoms with van der Waals surface area (Å²) >= 11 is 0. The highest BCUT2D eigenvalue weighted by atomic mass is 35.5. The van der Waals surface area contributed by atoms with E-state index in [0.29, 0.717) is 30.3 Å². The number of H-pyrrole nitrogens is 1. The monoisotopic (exact) mass is 404 g/mol. The number of hydrogen-bond donors (Lipinski definition) is 2. The quantitative estimate of drug-likeness (QED) is 0.826. The zero-order chi connectivity index (χ0) is 18.4. The molecule has 2 atom stereocenters. The SMILES string of the molecule is Cl.O=C(CC1CC2CCC(C1)N2)N1CCC(n2c(=O)[nH]c3ccccc32)CC1. The van der Waals surface area contributed by atoms with Crippen molar-refractivity contribution in [2.45, 2.75) is 63.1 Å². The lowest BCUT2D eigenvalue weighted by Crippen LogP contribution is -2.43. The minimum Gasteiger partial charge on any atom is -0.343 e. The van der Waals surface area contributed by atoms with Crippen molar-refractivity contribution in [3.8, 4) is 0 Å². The van der Waals surface area contributed by atoms with Crippen molar-refractivity contribution >= 4 is 29.3 Å². The number of rotatable bonds is 3. The number of likely N-dealkylation sites (tertiary alicyclic amines) is 1. The van der Waals surface area contributed by atoms with Crippen LogP contribution in [0, 0.1) is 5.92 Å². The number of imidazole rings is 1. The first-order valence-electron chi connectivity index (χ1n) is 10.4. The van der Waals surface area contributed by atoms with Gasteiger partial charge in [-0.3, -0.25) is 9.36 Å². The smallest absolute Gasteiger partial charge is 0.326 e. The first kappa shape index (κ1) is 19.5. The van der Waals surface area contributed by atoms with Crippen molar-refractivity contribution in [2.24, 2.45) is 5.92 Å². The second-order valence-electron chi connectivity index (χ2n) is 8.61. The van der Waals surface area contributed by atoms with Crippen LogP contribution in [0.3, 0.4) is 0 Å². The molecule has 1 aromatic heterocycles. The molecule has 2 unspecified atom stereocenters. The molecule has 28 heavy (non-hydrogen) atoms. The molecule has 3 fully saturated rings. The van der Waals surface area contributed by atoms with Gasteiger partial charge in [0.05, 0.1) is 11.0 Å². The van der Waals surface area contributed by atoms with E-state index in [1.165, 1.54) is 12.8 Å². The number of benzene rings is 1. The van der Waals surface area contributed by atoms with Gasteiger partial charge in [0.15, 0.2) is 0 Å². The molecular weight excluding hydrogens is 376 g/mol. The highest BCUT2D eigenvalue weighted by Gasteiger charge is 2.35. The van der Waals surface area contributed by atoms with Crippen LogP contribution in [0.1, 0.15) is 51.0 Å². The summed E-state index contributed by atoms with van der Waals surface area (Å²) in [5.41, 5.74) is 1.82. The number of nitrogens with one attached hydrogen (secondary N) is 2. The van der Waals surface area contributed by atoms with Gasteiger partial charge >= 0.3 is 5.69 Å². The summed E-state index contributed by atoms with van der Waals surface area (Å²) < 4.78 is 1.89. The largest absolute Gasteiger partial charge is 0.343 e. The fourth-order valence-corrected chi connectivity index (χ4v) is 5.53. The van der Waals surface area contributed by atoms with Gasteiger partial charge in [-0.15, -0.1) is 12.4 Å². The number of piperidine rings is 2. The van der Waals surface area contributed by atoms with Crippen molar-refractivity contribution in [3.05, 3.63) is 34.7 Å². The highest BCUT2D eigenvalue weighted by molar-refractivity contribution is 5.85. The summed E-state index contributed by atoms with van der Waals surface area (Å²) in [7, 11) is 0. The summed E-state index contributed by atoms with van der Waals surface area (Å²) in [6.45, 7) is 1.51. The van der Waals surface area contributed by atoms with E-state index in [-0.39, 0.29) is 24.1 Å². The number of carbonyl (C=O) groups is 1. The molecule has 152 valence electrons. The Morgan fingerprint density at radius 3 is 2.43 bits per heavy atom. The summed E-state index contributed by atoms with van der Waals surface area (Å²) in [5, 5.41) is 3.65. The zero-order valence-electron chi connectivity index (χ0n) is 16.1. The van der Waals surface area contributed by atoms with Gasteiger partial charge in [0, 0.05) is 37.6 Å². The Balaban J connectivity index is 0.00000192. The number of amides is 1. The first-order valence-corrected chi connectivity index (χ1v) is 10.4. The maximum atomic E-state index is 12.8. The summed E-state index contributed by atoms with van der Waals surface area (Å²) in [6, 6.07) is 9.30. The Bertz CT molecular complexity index is 887. The standard InChI is InChI=1S/C21H28N4O2.ClH/c26-20(13-14-11-15-5-6-16(12-14)22-15)24-9-7-17(8-10-24)25-19-4-2-1-3-18(19)23-21(25)27;/h1-4,14-17,22H,5-13H2,(H,23,27);1H. The third-order valence-corrected chi connectivity index (χ3v) is 6.84. The molecule has 0 spiro atoms. The Labute approximate surface area is 171 Å². The molecule has 0 radical (unpaired) electrons. The highest BCUT2D eigenvalue weighted by Crippen LogP contribution is 2.33. The zero-order valence-corrected chi connectivity index (χ0v) is 16.9. The molecule has 0 saturated carbocycles. The van der Waals surface area contributed by atoms with Crippen LogP contribution in [0.2, 0.25) is 0 Å². The van der Waals surface area contributed by atoms with Crippen LogP contribution >= 0.6 is 12.4 Å². The van der Waals surface area contributed by atoms with Gasteiger partial charge < -0.3 is 15.2 Å². The molecule has 5 rings (SSSR count). The number of hydrogen-bond acceptors (Lipinski definition) is 3. The number of nitrogens with zero attached hydrogens (tertiary/aromatic N) is 2. The average molecular weight is 405 g/mol. The van der Waals surface area contributed by atoms with E-state index >= 15 is 0 Å². The van der Waals surface area contributed by atoms with Gasteiger partial charge in [-0.25, -0.2) is 4.79 Å². The van der Waals surface area contributed by atoms with Crippen LogP contribution in [0.5, 0.6) is 0 Å². The third-order valence-electron chi connectivity index (χ3n) is 6.84. The minimum atomic E-state index is -0.0360.